The van der Waals surface area contributed by atoms with E-state index in [4.69, 9.17) is 14.6 Å². The second kappa shape index (κ2) is 8.99. The molecule has 7 nitrogen and oxygen atoms in total. The second-order valence-electron chi connectivity index (χ2n) is 9.53. The van der Waals surface area contributed by atoms with Gasteiger partial charge in [-0.3, -0.25) is 9.59 Å². The van der Waals surface area contributed by atoms with Gasteiger partial charge in [-0.05, 0) is 55.4 Å². The number of aliphatic hydroxyl groups excluding tert-OH is 1. The SMILES string of the molecule is C=C1CC[C@@H]2[C@](C)(COC(=O)CCC(=O)O)[C@H](O)CC[C@@]2(C)[C@H]1C/C=C1\C=COC1=O. The monoisotopic (exact) mass is 432 g/mol. The number of rotatable bonds is 7. The van der Waals surface area contributed by atoms with E-state index in [1.54, 1.807) is 6.08 Å². The van der Waals surface area contributed by atoms with E-state index in [2.05, 4.69) is 13.5 Å². The Morgan fingerprint density at radius 3 is 2.71 bits per heavy atom. The summed E-state index contributed by atoms with van der Waals surface area (Å²) in [7, 11) is 0. The van der Waals surface area contributed by atoms with E-state index in [0.29, 0.717) is 18.4 Å². The van der Waals surface area contributed by atoms with Crippen LogP contribution in [0, 0.1) is 22.7 Å². The third kappa shape index (κ3) is 4.61. The number of carboxylic acid groups (broad SMARTS) is 1. The molecule has 0 aromatic heterocycles. The number of aliphatic hydroxyl groups is 1. The Hall–Kier alpha value is -2.41. The minimum absolute atomic E-state index is 0.0578. The predicted octanol–water partition coefficient (Wildman–Crippen LogP) is 3.53. The molecular formula is C24H32O7. The van der Waals surface area contributed by atoms with Gasteiger partial charge < -0.3 is 19.7 Å². The zero-order chi connectivity index (χ0) is 22.8. The van der Waals surface area contributed by atoms with Crippen LogP contribution >= 0.6 is 0 Å². The molecular weight excluding hydrogens is 400 g/mol. The summed E-state index contributed by atoms with van der Waals surface area (Å²) in [6.07, 6.45) is 7.60. The topological polar surface area (TPSA) is 110 Å². The standard InChI is InChI=1S/C24H32O7/c1-15-4-7-18-23(2,17(15)6-5-16-11-13-30-22(16)29)12-10-19(25)24(18,3)14-31-21(28)9-8-20(26)27/h5,11,13,17-19,25H,1,4,6-10,12,14H2,2-3H3,(H,26,27)/b16-5+/t17-,18-,19+,23-,24-/m0/s1. The smallest absolute Gasteiger partial charge is 0.342 e. The van der Waals surface area contributed by atoms with Gasteiger partial charge in [0.1, 0.15) is 0 Å². The first kappa shape index (κ1) is 23.3. The number of carboxylic acids is 1. The highest BCUT2D eigenvalue weighted by Gasteiger charge is 2.58. The van der Waals surface area contributed by atoms with Crippen molar-refractivity contribution < 1.29 is 34.1 Å². The lowest BCUT2D eigenvalue weighted by Gasteiger charge is -2.60. The highest BCUT2D eigenvalue weighted by Crippen LogP contribution is 2.61. The van der Waals surface area contributed by atoms with Crippen LogP contribution in [0.25, 0.3) is 0 Å². The van der Waals surface area contributed by atoms with Crippen molar-refractivity contribution in [2.24, 2.45) is 22.7 Å². The summed E-state index contributed by atoms with van der Waals surface area (Å²) in [5.41, 5.74) is 0.886. The van der Waals surface area contributed by atoms with Crippen molar-refractivity contribution in [3.63, 3.8) is 0 Å². The maximum absolute atomic E-state index is 12.0. The van der Waals surface area contributed by atoms with Gasteiger partial charge in [0.25, 0.3) is 0 Å². The third-order valence-corrected chi connectivity index (χ3v) is 7.67. The molecule has 0 radical (unpaired) electrons. The second-order valence-corrected chi connectivity index (χ2v) is 9.53. The van der Waals surface area contributed by atoms with Gasteiger partial charge >= 0.3 is 17.9 Å². The Morgan fingerprint density at radius 1 is 1.32 bits per heavy atom. The number of carbonyl (C=O) groups is 3. The lowest BCUT2D eigenvalue weighted by atomic mass is 9.46. The Kier molecular flexibility index (Phi) is 6.74. The predicted molar refractivity (Wildman–Crippen MR) is 113 cm³/mol. The van der Waals surface area contributed by atoms with Crippen LogP contribution in [0.3, 0.4) is 0 Å². The first-order chi connectivity index (χ1) is 14.6. The largest absolute Gasteiger partial charge is 0.481 e. The van der Waals surface area contributed by atoms with Gasteiger partial charge in [-0.2, -0.15) is 0 Å². The highest BCUT2D eigenvalue weighted by atomic mass is 16.5. The first-order valence-electron chi connectivity index (χ1n) is 10.9. The van der Waals surface area contributed by atoms with Crippen molar-refractivity contribution in [1.29, 1.82) is 0 Å². The highest BCUT2D eigenvalue weighted by molar-refractivity contribution is 5.94. The molecule has 1 aliphatic heterocycles. The number of cyclic esters (lactones) is 1. The molecule has 3 rings (SSSR count). The van der Waals surface area contributed by atoms with E-state index in [0.717, 1.165) is 24.8 Å². The van der Waals surface area contributed by atoms with Crippen LogP contribution in [0.5, 0.6) is 0 Å². The van der Waals surface area contributed by atoms with Crippen LogP contribution in [0.15, 0.2) is 36.1 Å². The molecule has 2 aliphatic carbocycles. The van der Waals surface area contributed by atoms with Gasteiger partial charge in [0.15, 0.2) is 0 Å². The molecule has 170 valence electrons. The fourth-order valence-electron chi connectivity index (χ4n) is 5.84. The molecule has 2 fully saturated rings. The van der Waals surface area contributed by atoms with E-state index in [9.17, 15) is 19.5 Å². The van der Waals surface area contributed by atoms with Crippen molar-refractivity contribution in [2.45, 2.75) is 64.9 Å². The van der Waals surface area contributed by atoms with Crippen molar-refractivity contribution in [2.75, 3.05) is 6.61 Å². The van der Waals surface area contributed by atoms with Crippen LogP contribution in [0.4, 0.5) is 0 Å². The number of fused-ring (bicyclic) bond motifs is 1. The van der Waals surface area contributed by atoms with E-state index < -0.39 is 23.5 Å². The first-order valence-corrected chi connectivity index (χ1v) is 10.9. The molecule has 0 unspecified atom stereocenters. The van der Waals surface area contributed by atoms with Gasteiger partial charge in [0.2, 0.25) is 0 Å². The van der Waals surface area contributed by atoms with E-state index >= 15 is 0 Å². The Morgan fingerprint density at radius 2 is 2.06 bits per heavy atom. The number of hydrogen-bond donors (Lipinski definition) is 2. The number of aliphatic carboxylic acids is 1. The normalized spacial score (nSPS) is 36.2. The average Bonchev–Trinajstić information content (AvgIpc) is 3.12. The number of allylic oxidation sites excluding steroid dienone is 2. The van der Waals surface area contributed by atoms with Gasteiger partial charge in [0, 0.05) is 5.41 Å². The van der Waals surface area contributed by atoms with Crippen molar-refractivity contribution in [3.8, 4) is 0 Å². The summed E-state index contributed by atoms with van der Waals surface area (Å²) in [5.74, 6) is -1.72. The molecule has 2 N–H and O–H groups in total. The van der Waals surface area contributed by atoms with Crippen molar-refractivity contribution >= 4 is 17.9 Å². The summed E-state index contributed by atoms with van der Waals surface area (Å²) in [5, 5.41) is 19.7. The fraction of sp³-hybridized carbons (Fsp3) is 0.625. The minimum Gasteiger partial charge on any atom is -0.481 e. The summed E-state index contributed by atoms with van der Waals surface area (Å²) >= 11 is 0. The number of ether oxygens (including phenoxy) is 2. The van der Waals surface area contributed by atoms with Crippen molar-refractivity contribution in [3.05, 3.63) is 36.1 Å². The lowest BCUT2D eigenvalue weighted by molar-refractivity contribution is -0.175. The van der Waals surface area contributed by atoms with Crippen LogP contribution in [0.1, 0.15) is 58.8 Å². The summed E-state index contributed by atoms with van der Waals surface area (Å²) in [4.78, 5) is 34.5. The molecule has 0 aromatic rings. The van der Waals surface area contributed by atoms with Gasteiger partial charge in [0.05, 0.1) is 37.4 Å². The average molecular weight is 433 g/mol. The molecule has 31 heavy (non-hydrogen) atoms. The summed E-state index contributed by atoms with van der Waals surface area (Å²) in [6.45, 7) is 8.54. The zero-order valence-corrected chi connectivity index (χ0v) is 18.3. The molecule has 5 atom stereocenters. The molecule has 0 saturated heterocycles. The lowest BCUT2D eigenvalue weighted by Crippen LogP contribution is -2.57. The van der Waals surface area contributed by atoms with Gasteiger partial charge in [-0.15, -0.1) is 0 Å². The fourth-order valence-corrected chi connectivity index (χ4v) is 5.84. The van der Waals surface area contributed by atoms with Crippen LogP contribution in [-0.2, 0) is 23.9 Å². The number of esters is 2. The minimum atomic E-state index is -1.04. The quantitative estimate of drug-likeness (QED) is 0.360. The molecule has 7 heteroatoms. The molecule has 3 aliphatic rings. The number of carbonyl (C=O) groups excluding carboxylic acids is 2. The Labute approximate surface area is 182 Å². The maximum atomic E-state index is 12.0. The third-order valence-electron chi connectivity index (χ3n) is 7.67. The van der Waals surface area contributed by atoms with Gasteiger partial charge in [-0.1, -0.05) is 32.1 Å². The summed E-state index contributed by atoms with van der Waals surface area (Å²) < 4.78 is 10.3. The Bertz CT molecular complexity index is 826. The summed E-state index contributed by atoms with van der Waals surface area (Å²) in [6, 6.07) is 0. The van der Waals surface area contributed by atoms with Crippen LogP contribution in [0.2, 0.25) is 0 Å². The Balaban J connectivity index is 1.78. The molecule has 0 aromatic carbocycles. The van der Waals surface area contributed by atoms with Crippen molar-refractivity contribution in [1.82, 2.24) is 0 Å². The molecule has 0 bridgehead atoms. The molecule has 0 spiro atoms. The zero-order valence-electron chi connectivity index (χ0n) is 18.3. The van der Waals surface area contributed by atoms with E-state index in [-0.39, 0.29) is 42.7 Å². The van der Waals surface area contributed by atoms with Gasteiger partial charge in [-0.25, -0.2) is 4.79 Å². The van der Waals surface area contributed by atoms with Crippen LogP contribution in [-0.4, -0.2) is 40.8 Å². The molecule has 2 saturated carbocycles. The maximum Gasteiger partial charge on any atom is 0.342 e. The number of hydrogen-bond acceptors (Lipinski definition) is 6. The molecule has 1 heterocycles. The van der Waals surface area contributed by atoms with E-state index in [1.165, 1.54) is 6.26 Å². The van der Waals surface area contributed by atoms with Crippen LogP contribution < -0.4 is 0 Å². The van der Waals surface area contributed by atoms with E-state index in [1.807, 2.05) is 13.0 Å². The molecule has 0 amide bonds.